The molecule has 0 unspecified atom stereocenters. The average Bonchev–Trinajstić information content (AvgIpc) is 2.92. The summed E-state index contributed by atoms with van der Waals surface area (Å²) in [5, 5.41) is 10.1. The Hall–Kier alpha value is -2.57. The number of carboxylic acids is 1. The lowest BCUT2D eigenvalue weighted by molar-refractivity contribution is 0.0696. The monoisotopic (exact) mass is 389 g/mol. The molecule has 0 spiro atoms. The Kier molecular flexibility index (Phi) is 4.64. The number of carbonyl (C=O) groups is 1. The largest absolute Gasteiger partial charge is 0.478 e. The highest BCUT2D eigenvalue weighted by Crippen LogP contribution is 2.31. The van der Waals surface area contributed by atoms with Crippen LogP contribution in [0.2, 0.25) is 5.02 Å². The van der Waals surface area contributed by atoms with Crippen molar-refractivity contribution in [3.8, 4) is 16.9 Å². The molecule has 2 aromatic carbocycles. The second kappa shape index (κ2) is 6.63. The van der Waals surface area contributed by atoms with Crippen LogP contribution < -0.4 is 0 Å². The van der Waals surface area contributed by atoms with E-state index in [2.05, 4.69) is 0 Å². The molecule has 0 atom stereocenters. The summed E-state index contributed by atoms with van der Waals surface area (Å²) >= 11 is 5.95. The molecule has 7 heteroatoms. The number of aromatic carboxylic acids is 1. The van der Waals surface area contributed by atoms with E-state index in [-0.39, 0.29) is 10.5 Å². The second-order valence-electron chi connectivity index (χ2n) is 5.95. The number of carboxylic acid groups (broad SMARTS) is 1. The highest BCUT2D eigenvalue weighted by atomic mass is 35.5. The maximum Gasteiger partial charge on any atom is 0.337 e. The summed E-state index contributed by atoms with van der Waals surface area (Å²) in [4.78, 5) is 11.8. The molecule has 3 aromatic rings. The number of hydrogen-bond donors (Lipinski definition) is 1. The molecular weight excluding hydrogens is 374 g/mol. The minimum atomic E-state index is -3.39. The van der Waals surface area contributed by atoms with Gasteiger partial charge in [-0.1, -0.05) is 29.8 Å². The zero-order chi connectivity index (χ0) is 19.1. The Morgan fingerprint density at radius 1 is 1.08 bits per heavy atom. The first-order valence-corrected chi connectivity index (χ1v) is 9.97. The Bertz CT molecular complexity index is 1100. The fourth-order valence-electron chi connectivity index (χ4n) is 2.84. The van der Waals surface area contributed by atoms with Gasteiger partial charge >= 0.3 is 5.97 Å². The van der Waals surface area contributed by atoms with Gasteiger partial charge in [0.25, 0.3) is 0 Å². The van der Waals surface area contributed by atoms with Crippen LogP contribution in [0.5, 0.6) is 0 Å². The van der Waals surface area contributed by atoms with Crippen molar-refractivity contribution in [1.29, 1.82) is 0 Å². The molecule has 134 valence electrons. The fraction of sp³-hybridized carbons (Fsp3) is 0.105. The molecule has 5 nitrogen and oxygen atoms in total. The van der Waals surface area contributed by atoms with E-state index in [0.717, 1.165) is 11.8 Å². The van der Waals surface area contributed by atoms with Gasteiger partial charge in [-0.3, -0.25) is 0 Å². The van der Waals surface area contributed by atoms with Gasteiger partial charge in [-0.15, -0.1) is 0 Å². The van der Waals surface area contributed by atoms with Crippen LogP contribution in [0.4, 0.5) is 0 Å². The van der Waals surface area contributed by atoms with E-state index in [1.807, 2.05) is 0 Å². The lowest BCUT2D eigenvalue weighted by Crippen LogP contribution is -2.04. The molecule has 0 bridgehead atoms. The van der Waals surface area contributed by atoms with E-state index in [1.54, 1.807) is 54.0 Å². The lowest BCUT2D eigenvalue weighted by atomic mass is 10.1. The van der Waals surface area contributed by atoms with Crippen molar-refractivity contribution in [2.24, 2.45) is 0 Å². The Morgan fingerprint density at radius 3 is 2.31 bits per heavy atom. The summed E-state index contributed by atoms with van der Waals surface area (Å²) in [6, 6.07) is 15.0. The lowest BCUT2D eigenvalue weighted by Gasteiger charge is -2.13. The van der Waals surface area contributed by atoms with Gasteiger partial charge in [0.2, 0.25) is 0 Å². The minimum Gasteiger partial charge on any atom is -0.478 e. The normalized spacial score (nSPS) is 11.5. The van der Waals surface area contributed by atoms with Crippen molar-refractivity contribution >= 4 is 27.4 Å². The van der Waals surface area contributed by atoms with E-state index in [1.165, 1.54) is 12.1 Å². The Labute approximate surface area is 156 Å². The van der Waals surface area contributed by atoms with Crippen LogP contribution in [-0.2, 0) is 9.84 Å². The number of hydrogen-bond acceptors (Lipinski definition) is 3. The van der Waals surface area contributed by atoms with E-state index < -0.39 is 15.8 Å². The summed E-state index contributed by atoms with van der Waals surface area (Å²) in [5.41, 5.74) is 2.65. The molecule has 0 radical (unpaired) electrons. The summed E-state index contributed by atoms with van der Waals surface area (Å²) in [6.45, 7) is 1.69. The smallest absolute Gasteiger partial charge is 0.337 e. The maximum atomic E-state index is 11.9. The number of rotatable bonds is 4. The molecular formula is C19H16ClNO4S. The van der Waals surface area contributed by atoms with E-state index in [0.29, 0.717) is 22.1 Å². The van der Waals surface area contributed by atoms with Gasteiger partial charge in [0.15, 0.2) is 9.84 Å². The third kappa shape index (κ3) is 3.38. The number of aromatic nitrogens is 1. The van der Waals surface area contributed by atoms with Crippen molar-refractivity contribution < 1.29 is 18.3 Å². The summed E-state index contributed by atoms with van der Waals surface area (Å²) < 4.78 is 25.5. The second-order valence-corrected chi connectivity index (χ2v) is 8.40. The molecule has 0 aliphatic carbocycles. The Balaban J connectivity index is 2.30. The van der Waals surface area contributed by atoms with E-state index >= 15 is 0 Å². The zero-order valence-corrected chi connectivity index (χ0v) is 15.7. The number of halogens is 1. The Morgan fingerprint density at radius 2 is 1.73 bits per heavy atom. The summed E-state index contributed by atoms with van der Waals surface area (Å²) in [5.74, 6) is -1.05. The molecule has 0 saturated carbocycles. The van der Waals surface area contributed by atoms with Crippen LogP contribution in [0, 0.1) is 6.92 Å². The third-order valence-corrected chi connectivity index (χ3v) is 5.48. The molecule has 0 amide bonds. The van der Waals surface area contributed by atoms with Gasteiger partial charge in [-0.25, -0.2) is 13.2 Å². The van der Waals surface area contributed by atoms with Gasteiger partial charge in [-0.05, 0) is 48.9 Å². The standard InChI is InChI=1S/C19H16ClNO4S/c1-12-17(19(22)23)11-18(13-6-8-14(20)9-7-13)21(12)15-4-3-5-16(10-15)26(2,24)25/h3-11H,1-2H3,(H,22,23). The predicted molar refractivity (Wildman–Crippen MR) is 101 cm³/mol. The van der Waals surface area contributed by atoms with Gasteiger partial charge in [-0.2, -0.15) is 0 Å². The SMILES string of the molecule is Cc1c(C(=O)O)cc(-c2ccc(Cl)cc2)n1-c1cccc(S(C)(=O)=O)c1. The van der Waals surface area contributed by atoms with Crippen LogP contribution in [0.1, 0.15) is 16.1 Å². The van der Waals surface area contributed by atoms with E-state index in [4.69, 9.17) is 11.6 Å². The van der Waals surface area contributed by atoms with E-state index in [9.17, 15) is 18.3 Å². The van der Waals surface area contributed by atoms with Gasteiger partial charge in [0, 0.05) is 22.7 Å². The third-order valence-electron chi connectivity index (χ3n) is 4.12. The topological polar surface area (TPSA) is 76.4 Å². The molecule has 0 aliphatic rings. The van der Waals surface area contributed by atoms with Crippen molar-refractivity contribution in [3.63, 3.8) is 0 Å². The van der Waals surface area contributed by atoms with Crippen LogP contribution in [-0.4, -0.2) is 30.3 Å². The molecule has 1 N–H and O–H groups in total. The predicted octanol–water partition coefficient (Wildman–Crippen LogP) is 4.21. The molecule has 1 heterocycles. The molecule has 0 fully saturated rings. The first-order chi connectivity index (χ1) is 12.2. The van der Waals surface area contributed by atoms with Crippen molar-refractivity contribution in [3.05, 3.63) is 70.9 Å². The molecule has 0 aliphatic heterocycles. The summed E-state index contributed by atoms with van der Waals surface area (Å²) in [6.07, 6.45) is 1.14. The van der Waals surface area contributed by atoms with Crippen molar-refractivity contribution in [2.45, 2.75) is 11.8 Å². The number of nitrogens with zero attached hydrogens (tertiary/aromatic N) is 1. The van der Waals surface area contributed by atoms with Gasteiger partial charge in [0.1, 0.15) is 0 Å². The molecule has 0 saturated heterocycles. The maximum absolute atomic E-state index is 11.9. The van der Waals surface area contributed by atoms with Crippen LogP contribution in [0.25, 0.3) is 16.9 Å². The summed E-state index contributed by atoms with van der Waals surface area (Å²) in [7, 11) is -3.39. The number of sulfone groups is 1. The van der Waals surface area contributed by atoms with Gasteiger partial charge < -0.3 is 9.67 Å². The van der Waals surface area contributed by atoms with Gasteiger partial charge in [0.05, 0.1) is 16.2 Å². The fourth-order valence-corrected chi connectivity index (χ4v) is 3.63. The van der Waals surface area contributed by atoms with Crippen LogP contribution >= 0.6 is 11.6 Å². The first kappa shape index (κ1) is 18.2. The number of benzene rings is 2. The highest BCUT2D eigenvalue weighted by molar-refractivity contribution is 7.90. The highest BCUT2D eigenvalue weighted by Gasteiger charge is 2.20. The molecule has 3 rings (SSSR count). The molecule has 26 heavy (non-hydrogen) atoms. The van der Waals surface area contributed by atoms with Crippen molar-refractivity contribution in [2.75, 3.05) is 6.26 Å². The quantitative estimate of drug-likeness (QED) is 0.725. The average molecular weight is 390 g/mol. The molecule has 1 aromatic heterocycles. The van der Waals surface area contributed by atoms with Crippen LogP contribution in [0.3, 0.4) is 0 Å². The van der Waals surface area contributed by atoms with Crippen molar-refractivity contribution in [1.82, 2.24) is 4.57 Å². The zero-order valence-electron chi connectivity index (χ0n) is 14.1. The minimum absolute atomic E-state index is 0.153. The first-order valence-electron chi connectivity index (χ1n) is 7.70. The van der Waals surface area contributed by atoms with Crippen LogP contribution in [0.15, 0.2) is 59.5 Å².